The molecule has 0 aliphatic heterocycles. The average Bonchev–Trinajstić information content (AvgIpc) is 3.34. The summed E-state index contributed by atoms with van der Waals surface area (Å²) in [5.74, 6) is -2.00. The molecule has 8 heteroatoms. The maximum Gasteiger partial charge on any atom is 0.416 e. The number of rotatable bonds is 5. The summed E-state index contributed by atoms with van der Waals surface area (Å²) in [5.41, 5.74) is 0.0736. The fraction of sp³-hybridized carbons (Fsp3) is 0.318. The predicted octanol–water partition coefficient (Wildman–Crippen LogP) is 3.79. The smallest absolute Gasteiger partial charge is 0.352 e. The van der Waals surface area contributed by atoms with Crippen molar-refractivity contribution in [2.75, 3.05) is 5.32 Å². The van der Waals surface area contributed by atoms with E-state index in [-0.39, 0.29) is 23.4 Å². The molecule has 1 saturated carbocycles. The van der Waals surface area contributed by atoms with Crippen molar-refractivity contribution in [3.8, 4) is 0 Å². The Morgan fingerprint density at radius 1 is 1.03 bits per heavy atom. The summed E-state index contributed by atoms with van der Waals surface area (Å²) in [6.45, 7) is 0.298. The van der Waals surface area contributed by atoms with E-state index in [0.717, 1.165) is 17.7 Å². The number of allylic oxidation sites excluding steroid dienone is 2. The van der Waals surface area contributed by atoms with Gasteiger partial charge >= 0.3 is 6.18 Å². The van der Waals surface area contributed by atoms with Gasteiger partial charge in [0.15, 0.2) is 0 Å². The van der Waals surface area contributed by atoms with E-state index in [2.05, 4.69) is 15.6 Å². The molecule has 1 aromatic carbocycles. The lowest BCUT2D eigenvalue weighted by molar-refractivity contribution is -0.137. The highest BCUT2D eigenvalue weighted by molar-refractivity contribution is 5.97. The Labute approximate surface area is 171 Å². The number of carbonyl (C=O) groups excluding carboxylic acids is 2. The van der Waals surface area contributed by atoms with E-state index in [1.54, 1.807) is 18.5 Å². The van der Waals surface area contributed by atoms with Gasteiger partial charge in [-0.2, -0.15) is 13.2 Å². The number of hydrogen-bond acceptors (Lipinski definition) is 3. The Balaban J connectivity index is 1.47. The number of pyridine rings is 1. The van der Waals surface area contributed by atoms with Gasteiger partial charge in [0.2, 0.25) is 11.8 Å². The van der Waals surface area contributed by atoms with Crippen molar-refractivity contribution in [1.29, 1.82) is 0 Å². The van der Waals surface area contributed by atoms with Gasteiger partial charge in [-0.3, -0.25) is 14.6 Å². The number of nitrogens with zero attached hydrogens (tertiary/aromatic N) is 1. The quantitative estimate of drug-likeness (QED) is 0.730. The van der Waals surface area contributed by atoms with E-state index in [1.165, 1.54) is 12.1 Å². The number of amides is 2. The first kappa shape index (κ1) is 20.1. The van der Waals surface area contributed by atoms with Gasteiger partial charge in [0.25, 0.3) is 0 Å². The van der Waals surface area contributed by atoms with Crippen LogP contribution in [0.3, 0.4) is 0 Å². The van der Waals surface area contributed by atoms with Gasteiger partial charge in [-0.05, 0) is 48.1 Å². The molecule has 2 aliphatic rings. The molecule has 1 aromatic heterocycles. The van der Waals surface area contributed by atoms with Gasteiger partial charge in [-0.1, -0.05) is 24.3 Å². The predicted molar refractivity (Wildman–Crippen MR) is 104 cm³/mol. The first-order valence-electron chi connectivity index (χ1n) is 9.66. The number of hydrogen-bond donors (Lipinski definition) is 2. The fourth-order valence-corrected chi connectivity index (χ4v) is 4.35. The molecule has 2 amide bonds. The number of fused-ring (bicyclic) bond motifs is 2. The Hall–Kier alpha value is -3.16. The van der Waals surface area contributed by atoms with Gasteiger partial charge in [-0.25, -0.2) is 0 Å². The minimum Gasteiger partial charge on any atom is -0.352 e. The highest BCUT2D eigenvalue weighted by Crippen LogP contribution is 2.48. The lowest BCUT2D eigenvalue weighted by atomic mass is 9.81. The number of anilines is 1. The summed E-state index contributed by atoms with van der Waals surface area (Å²) < 4.78 is 38.8. The largest absolute Gasteiger partial charge is 0.416 e. The molecule has 5 nitrogen and oxygen atoms in total. The molecule has 0 unspecified atom stereocenters. The van der Waals surface area contributed by atoms with Crippen LogP contribution in [0, 0.1) is 23.7 Å². The normalized spacial score (nSPS) is 24.6. The average molecular weight is 415 g/mol. The zero-order valence-corrected chi connectivity index (χ0v) is 15.9. The van der Waals surface area contributed by atoms with Crippen molar-refractivity contribution < 1.29 is 22.8 Å². The zero-order valence-electron chi connectivity index (χ0n) is 15.9. The van der Waals surface area contributed by atoms with E-state index < -0.39 is 29.5 Å². The second kappa shape index (κ2) is 7.93. The van der Waals surface area contributed by atoms with E-state index in [0.29, 0.717) is 13.0 Å². The molecule has 4 rings (SSSR count). The first-order chi connectivity index (χ1) is 14.3. The molecular weight excluding hydrogens is 395 g/mol. The van der Waals surface area contributed by atoms with Crippen molar-refractivity contribution >= 4 is 17.5 Å². The van der Waals surface area contributed by atoms with Crippen LogP contribution >= 0.6 is 0 Å². The molecule has 0 radical (unpaired) electrons. The highest BCUT2D eigenvalue weighted by atomic mass is 19.4. The van der Waals surface area contributed by atoms with Crippen molar-refractivity contribution in [2.24, 2.45) is 23.7 Å². The molecule has 30 heavy (non-hydrogen) atoms. The number of benzene rings is 1. The summed E-state index contributed by atoms with van der Waals surface area (Å²) >= 11 is 0. The van der Waals surface area contributed by atoms with Gasteiger partial charge < -0.3 is 10.6 Å². The number of halogens is 3. The minimum absolute atomic E-state index is 0.0545. The molecule has 0 saturated heterocycles. The molecule has 4 atom stereocenters. The van der Waals surface area contributed by atoms with E-state index in [9.17, 15) is 22.8 Å². The summed E-state index contributed by atoms with van der Waals surface area (Å²) in [7, 11) is 0. The molecular formula is C22H20F3N3O2. The van der Waals surface area contributed by atoms with Crippen molar-refractivity contribution in [1.82, 2.24) is 10.3 Å². The maximum atomic E-state index is 12.9. The second-order valence-corrected chi connectivity index (χ2v) is 7.65. The van der Waals surface area contributed by atoms with E-state index in [4.69, 9.17) is 0 Å². The summed E-state index contributed by atoms with van der Waals surface area (Å²) in [5, 5.41) is 5.44. The van der Waals surface area contributed by atoms with Crippen LogP contribution in [0.1, 0.15) is 17.5 Å². The van der Waals surface area contributed by atoms with E-state index in [1.807, 2.05) is 18.2 Å². The number of nitrogens with one attached hydrogen (secondary N) is 2. The third-order valence-electron chi connectivity index (χ3n) is 5.71. The first-order valence-corrected chi connectivity index (χ1v) is 9.66. The Bertz CT molecular complexity index is 975. The third kappa shape index (κ3) is 4.08. The van der Waals surface area contributed by atoms with Crippen LogP contribution in [0.25, 0.3) is 0 Å². The van der Waals surface area contributed by atoms with Crippen molar-refractivity contribution in [3.05, 3.63) is 72.1 Å². The number of alkyl halides is 3. The monoisotopic (exact) mass is 415 g/mol. The summed E-state index contributed by atoms with van der Waals surface area (Å²) in [6, 6.07) is 8.12. The van der Waals surface area contributed by atoms with Crippen LogP contribution in [-0.4, -0.2) is 16.8 Å². The minimum atomic E-state index is -4.50. The van der Waals surface area contributed by atoms with Crippen molar-refractivity contribution in [2.45, 2.75) is 19.1 Å². The summed E-state index contributed by atoms with van der Waals surface area (Å²) in [4.78, 5) is 29.8. The lowest BCUT2D eigenvalue weighted by Gasteiger charge is -2.26. The molecule has 0 spiro atoms. The molecule has 2 aromatic rings. The van der Waals surface area contributed by atoms with Crippen LogP contribution in [0.2, 0.25) is 0 Å². The standard InChI is InChI=1S/C22H20F3N3O2/c23-22(24,25)16-4-1-5-17(10-16)28-21(30)19-15-7-6-14(9-15)18(19)20(29)27-12-13-3-2-8-26-11-13/h1-8,10-11,14-15,18-19H,9,12H2,(H,27,29)(H,28,30)/t14-,15-,18+,19-/m1/s1. The lowest BCUT2D eigenvalue weighted by Crippen LogP contribution is -2.41. The highest BCUT2D eigenvalue weighted by Gasteiger charge is 2.51. The van der Waals surface area contributed by atoms with Gasteiger partial charge in [-0.15, -0.1) is 0 Å². The van der Waals surface area contributed by atoms with Crippen LogP contribution in [0.15, 0.2) is 60.9 Å². The maximum absolute atomic E-state index is 12.9. The number of aromatic nitrogens is 1. The second-order valence-electron chi connectivity index (χ2n) is 7.65. The van der Waals surface area contributed by atoms with E-state index >= 15 is 0 Å². The summed E-state index contributed by atoms with van der Waals surface area (Å²) in [6.07, 6.45) is 3.36. The van der Waals surface area contributed by atoms with Crippen LogP contribution < -0.4 is 10.6 Å². The van der Waals surface area contributed by atoms with Crippen LogP contribution in [0.4, 0.5) is 18.9 Å². The topological polar surface area (TPSA) is 71.1 Å². The molecule has 2 bridgehead atoms. The fourth-order valence-electron chi connectivity index (χ4n) is 4.35. The number of carbonyl (C=O) groups is 2. The Kier molecular flexibility index (Phi) is 5.32. The third-order valence-corrected chi connectivity index (χ3v) is 5.71. The molecule has 1 heterocycles. The van der Waals surface area contributed by atoms with Crippen LogP contribution in [-0.2, 0) is 22.3 Å². The van der Waals surface area contributed by atoms with Gasteiger partial charge in [0.05, 0.1) is 17.4 Å². The molecule has 2 aliphatic carbocycles. The van der Waals surface area contributed by atoms with Crippen LogP contribution in [0.5, 0.6) is 0 Å². The molecule has 1 fully saturated rings. The SMILES string of the molecule is O=C(NCc1cccnc1)[C@@H]1[C@H](C(=O)Nc2cccc(C(F)(F)F)c2)[C@@H]2C=C[C@@H]1C2. The molecule has 156 valence electrons. The Morgan fingerprint density at radius 2 is 1.77 bits per heavy atom. The zero-order chi connectivity index (χ0) is 21.3. The Morgan fingerprint density at radius 3 is 2.43 bits per heavy atom. The van der Waals surface area contributed by atoms with Gasteiger partial charge in [0, 0.05) is 24.6 Å². The van der Waals surface area contributed by atoms with Crippen molar-refractivity contribution in [3.63, 3.8) is 0 Å². The van der Waals surface area contributed by atoms with Gasteiger partial charge in [0.1, 0.15) is 0 Å². The molecule has 2 N–H and O–H groups in total.